The topological polar surface area (TPSA) is 78.4 Å². The average molecular weight is 320 g/mol. The van der Waals surface area contributed by atoms with Gasteiger partial charge >= 0.3 is 11.8 Å². The Balaban J connectivity index is 2.60. The highest BCUT2D eigenvalue weighted by Gasteiger charge is 2.24. The molecule has 0 aliphatic carbocycles. The van der Waals surface area contributed by atoms with Crippen LogP contribution in [0.2, 0.25) is 0 Å². The van der Waals surface area contributed by atoms with E-state index < -0.39 is 17.4 Å². The number of hydrogen-bond donors (Lipinski definition) is 3. The summed E-state index contributed by atoms with van der Waals surface area (Å²) in [7, 11) is 0. The second kappa shape index (κ2) is 7.59. The first-order valence-electron chi connectivity index (χ1n) is 8.03. The zero-order valence-corrected chi connectivity index (χ0v) is 14.7. The van der Waals surface area contributed by atoms with Gasteiger partial charge in [0.15, 0.2) is 0 Å². The first kappa shape index (κ1) is 19.2. The fraction of sp³-hybridized carbons (Fsp3) is 0.556. The van der Waals surface area contributed by atoms with E-state index in [0.29, 0.717) is 18.5 Å². The number of carbonyl (C=O) groups is 2. The number of carbonyl (C=O) groups excluding carboxylic acids is 2. The van der Waals surface area contributed by atoms with Crippen LogP contribution in [0.1, 0.15) is 53.0 Å². The third kappa shape index (κ3) is 5.67. The maximum absolute atomic E-state index is 11.9. The molecule has 0 aliphatic heterocycles. The van der Waals surface area contributed by atoms with E-state index in [0.717, 1.165) is 5.56 Å². The SMILES string of the molecule is CCC(O)(CC)CNC(=O)C(=O)Nc1ccc(C(C)(C)C)cc1. The van der Waals surface area contributed by atoms with Crippen LogP contribution in [-0.2, 0) is 15.0 Å². The highest BCUT2D eigenvalue weighted by atomic mass is 16.3. The number of amides is 2. The summed E-state index contributed by atoms with van der Waals surface area (Å²) in [6.07, 6.45) is 1.03. The second-order valence-corrected chi connectivity index (χ2v) is 6.90. The molecule has 5 heteroatoms. The maximum atomic E-state index is 11.9. The van der Waals surface area contributed by atoms with Crippen molar-refractivity contribution < 1.29 is 14.7 Å². The van der Waals surface area contributed by atoms with Gasteiger partial charge < -0.3 is 15.7 Å². The number of anilines is 1. The Kier molecular flexibility index (Phi) is 6.33. The average Bonchev–Trinajstić information content (AvgIpc) is 2.51. The molecule has 3 N–H and O–H groups in total. The Labute approximate surface area is 138 Å². The third-order valence-corrected chi connectivity index (χ3v) is 4.11. The molecule has 0 saturated carbocycles. The molecule has 0 spiro atoms. The van der Waals surface area contributed by atoms with E-state index in [1.807, 2.05) is 26.0 Å². The number of rotatable bonds is 5. The van der Waals surface area contributed by atoms with E-state index in [4.69, 9.17) is 0 Å². The molecule has 1 aromatic rings. The van der Waals surface area contributed by atoms with Gasteiger partial charge in [-0.05, 0) is 36.0 Å². The maximum Gasteiger partial charge on any atom is 0.313 e. The monoisotopic (exact) mass is 320 g/mol. The van der Waals surface area contributed by atoms with Gasteiger partial charge in [-0.2, -0.15) is 0 Å². The van der Waals surface area contributed by atoms with Gasteiger partial charge in [-0.25, -0.2) is 0 Å². The number of benzene rings is 1. The lowest BCUT2D eigenvalue weighted by Crippen LogP contribution is -2.45. The Morgan fingerprint density at radius 3 is 1.96 bits per heavy atom. The van der Waals surface area contributed by atoms with E-state index in [1.165, 1.54) is 0 Å². The molecule has 0 aliphatic rings. The zero-order chi connectivity index (χ0) is 17.7. The molecule has 128 valence electrons. The minimum absolute atomic E-state index is 0.0324. The van der Waals surface area contributed by atoms with E-state index in [-0.39, 0.29) is 12.0 Å². The Morgan fingerprint density at radius 2 is 1.52 bits per heavy atom. The molecular formula is C18H28N2O3. The molecule has 5 nitrogen and oxygen atoms in total. The van der Waals surface area contributed by atoms with Crippen molar-refractivity contribution in [2.24, 2.45) is 0 Å². The molecule has 0 bridgehead atoms. The van der Waals surface area contributed by atoms with E-state index in [9.17, 15) is 14.7 Å². The lowest BCUT2D eigenvalue weighted by Gasteiger charge is -2.25. The molecule has 23 heavy (non-hydrogen) atoms. The van der Waals surface area contributed by atoms with Crippen molar-refractivity contribution in [3.05, 3.63) is 29.8 Å². The van der Waals surface area contributed by atoms with Gasteiger partial charge in [0.05, 0.1) is 5.60 Å². The molecule has 0 aromatic heterocycles. The molecule has 0 saturated heterocycles. The van der Waals surface area contributed by atoms with Crippen LogP contribution in [0, 0.1) is 0 Å². The van der Waals surface area contributed by atoms with Crippen molar-refractivity contribution in [1.82, 2.24) is 5.32 Å². The van der Waals surface area contributed by atoms with E-state index in [1.54, 1.807) is 12.1 Å². The molecular weight excluding hydrogens is 292 g/mol. The quantitative estimate of drug-likeness (QED) is 0.730. The minimum Gasteiger partial charge on any atom is -0.388 e. The van der Waals surface area contributed by atoms with Crippen molar-refractivity contribution in [1.29, 1.82) is 0 Å². The van der Waals surface area contributed by atoms with E-state index in [2.05, 4.69) is 31.4 Å². The van der Waals surface area contributed by atoms with Crippen molar-refractivity contribution in [3.63, 3.8) is 0 Å². The van der Waals surface area contributed by atoms with Crippen molar-refractivity contribution in [3.8, 4) is 0 Å². The van der Waals surface area contributed by atoms with Crippen molar-refractivity contribution in [2.45, 2.75) is 58.5 Å². The fourth-order valence-electron chi connectivity index (χ4n) is 2.07. The van der Waals surface area contributed by atoms with Crippen LogP contribution in [0.3, 0.4) is 0 Å². The van der Waals surface area contributed by atoms with Gasteiger partial charge in [-0.1, -0.05) is 46.8 Å². The van der Waals surface area contributed by atoms with Crippen LogP contribution < -0.4 is 10.6 Å². The van der Waals surface area contributed by atoms with Gasteiger partial charge in [-0.3, -0.25) is 9.59 Å². The molecule has 0 heterocycles. The summed E-state index contributed by atoms with van der Waals surface area (Å²) in [5.74, 6) is -1.48. The molecule has 2 amide bonds. The minimum atomic E-state index is -0.968. The van der Waals surface area contributed by atoms with Crippen LogP contribution in [-0.4, -0.2) is 29.1 Å². The summed E-state index contributed by atoms with van der Waals surface area (Å²) in [6, 6.07) is 7.42. The molecule has 1 aromatic carbocycles. The summed E-state index contributed by atoms with van der Waals surface area (Å²) in [5, 5.41) is 15.1. The number of hydrogen-bond acceptors (Lipinski definition) is 3. The first-order valence-corrected chi connectivity index (χ1v) is 8.03. The molecule has 0 radical (unpaired) electrons. The van der Waals surface area contributed by atoms with Crippen LogP contribution in [0.15, 0.2) is 24.3 Å². The molecule has 1 rings (SSSR count). The smallest absolute Gasteiger partial charge is 0.313 e. The van der Waals surface area contributed by atoms with Crippen LogP contribution in [0.25, 0.3) is 0 Å². The Bertz CT molecular complexity index is 540. The number of aliphatic hydroxyl groups is 1. The summed E-state index contributed by atoms with van der Waals surface area (Å²) in [6.45, 7) is 10.1. The molecule has 0 fully saturated rings. The van der Waals surface area contributed by atoms with Gasteiger partial charge in [0.25, 0.3) is 0 Å². The lowest BCUT2D eigenvalue weighted by molar-refractivity contribution is -0.136. The normalized spacial score (nSPS) is 11.9. The van der Waals surface area contributed by atoms with Crippen LogP contribution in [0.4, 0.5) is 5.69 Å². The van der Waals surface area contributed by atoms with Crippen LogP contribution in [0.5, 0.6) is 0 Å². The van der Waals surface area contributed by atoms with E-state index >= 15 is 0 Å². The van der Waals surface area contributed by atoms with Crippen LogP contribution >= 0.6 is 0 Å². The highest BCUT2D eigenvalue weighted by molar-refractivity contribution is 6.39. The first-order chi connectivity index (χ1) is 10.6. The van der Waals surface area contributed by atoms with Crippen molar-refractivity contribution in [2.75, 3.05) is 11.9 Å². The summed E-state index contributed by atoms with van der Waals surface area (Å²) < 4.78 is 0. The van der Waals surface area contributed by atoms with Gasteiger partial charge in [-0.15, -0.1) is 0 Å². The second-order valence-electron chi connectivity index (χ2n) is 6.90. The van der Waals surface area contributed by atoms with Gasteiger partial charge in [0.2, 0.25) is 0 Å². The standard InChI is InChI=1S/C18H28N2O3/c1-6-18(23,7-2)12-19-15(21)16(22)20-14-10-8-13(9-11-14)17(3,4)5/h8-11,23H,6-7,12H2,1-5H3,(H,19,21)(H,20,22). The Hall–Kier alpha value is -1.88. The predicted molar refractivity (Wildman–Crippen MR) is 92.3 cm³/mol. The number of nitrogens with one attached hydrogen (secondary N) is 2. The zero-order valence-electron chi connectivity index (χ0n) is 14.7. The highest BCUT2D eigenvalue weighted by Crippen LogP contribution is 2.23. The van der Waals surface area contributed by atoms with Crippen molar-refractivity contribution >= 4 is 17.5 Å². The largest absolute Gasteiger partial charge is 0.388 e. The lowest BCUT2D eigenvalue weighted by atomic mass is 9.87. The molecule has 0 atom stereocenters. The van der Waals surface area contributed by atoms with Gasteiger partial charge in [0, 0.05) is 12.2 Å². The summed E-state index contributed by atoms with van der Waals surface area (Å²) in [5.41, 5.74) is 0.782. The fourth-order valence-corrected chi connectivity index (χ4v) is 2.07. The Morgan fingerprint density at radius 1 is 1.00 bits per heavy atom. The third-order valence-electron chi connectivity index (χ3n) is 4.11. The van der Waals surface area contributed by atoms with Gasteiger partial charge in [0.1, 0.15) is 0 Å². The summed E-state index contributed by atoms with van der Waals surface area (Å²) in [4.78, 5) is 23.7. The predicted octanol–water partition coefficient (Wildman–Crippen LogP) is 2.59. The summed E-state index contributed by atoms with van der Waals surface area (Å²) >= 11 is 0. The molecule has 0 unspecified atom stereocenters.